The van der Waals surface area contributed by atoms with Crippen molar-refractivity contribution in [2.24, 2.45) is 0 Å². The van der Waals surface area contributed by atoms with Gasteiger partial charge in [-0.3, -0.25) is 4.79 Å². The molecule has 2 heterocycles. The van der Waals surface area contributed by atoms with E-state index in [1.54, 1.807) is 6.07 Å². The van der Waals surface area contributed by atoms with Crippen molar-refractivity contribution in [2.75, 3.05) is 23.9 Å². The molecule has 28 heavy (non-hydrogen) atoms. The Kier molecular flexibility index (Phi) is 6.63. The number of ether oxygens (including phenoxy) is 1. The lowest BCUT2D eigenvalue weighted by atomic mass is 10.1. The molecule has 0 aliphatic carbocycles. The molecule has 1 N–H and O–H groups in total. The lowest BCUT2D eigenvalue weighted by Crippen LogP contribution is -2.24. The molecule has 0 fully saturated rings. The fraction of sp³-hybridized carbons (Fsp3) is 0.278. The third-order valence-electron chi connectivity index (χ3n) is 3.86. The molecule has 3 rings (SSSR count). The molecule has 148 valence electrons. The van der Waals surface area contributed by atoms with Crippen molar-refractivity contribution in [2.45, 2.75) is 12.8 Å². The molecule has 0 saturated carbocycles. The monoisotopic (exact) mass is 483 g/mol. The van der Waals surface area contributed by atoms with Crippen LogP contribution in [0, 0.1) is 0 Å². The maximum absolute atomic E-state index is 12.2. The van der Waals surface area contributed by atoms with Crippen molar-refractivity contribution >= 4 is 58.5 Å². The van der Waals surface area contributed by atoms with E-state index in [4.69, 9.17) is 4.74 Å². The summed E-state index contributed by atoms with van der Waals surface area (Å²) in [6.07, 6.45) is 1.13. The van der Waals surface area contributed by atoms with Crippen molar-refractivity contribution in [3.63, 3.8) is 0 Å². The molecule has 0 aliphatic rings. The van der Waals surface area contributed by atoms with E-state index in [9.17, 15) is 13.2 Å². The fourth-order valence-corrected chi connectivity index (χ4v) is 5.09. The first-order valence-electron chi connectivity index (χ1n) is 8.41. The number of methoxy groups -OCH3 is 1. The van der Waals surface area contributed by atoms with E-state index in [1.807, 2.05) is 30.3 Å². The molecule has 7 nitrogen and oxygen atoms in total. The fourth-order valence-electron chi connectivity index (χ4n) is 2.59. The Hall–Kier alpha value is -2.04. The van der Waals surface area contributed by atoms with Crippen LogP contribution in [0.3, 0.4) is 0 Å². The summed E-state index contributed by atoms with van der Waals surface area (Å²) in [5.74, 6) is -0.807. The molecule has 0 spiro atoms. The molecule has 1 amide bonds. The molecule has 10 heteroatoms. The van der Waals surface area contributed by atoms with Crippen molar-refractivity contribution in [1.82, 2.24) is 9.97 Å². The Morgan fingerprint density at radius 3 is 2.71 bits per heavy atom. The number of nitrogens with zero attached hydrogens (tertiary/aromatic N) is 2. The van der Waals surface area contributed by atoms with Crippen LogP contribution >= 0.6 is 27.3 Å². The highest BCUT2D eigenvalue weighted by molar-refractivity contribution is 9.10. The van der Waals surface area contributed by atoms with Crippen LogP contribution in [0.1, 0.15) is 12.0 Å². The first-order chi connectivity index (χ1) is 13.4. The first kappa shape index (κ1) is 20.7. The topological polar surface area (TPSA) is 98.2 Å². The number of aryl methyl sites for hydroxylation is 1. The molecule has 0 unspecified atom stereocenters. The van der Waals surface area contributed by atoms with Gasteiger partial charge in [-0.05, 0) is 40.4 Å². The minimum atomic E-state index is -3.50. The number of carbonyl (C=O) groups excluding carboxylic acids is 1. The molecular formula is C18H18BrN3O4S2. The van der Waals surface area contributed by atoms with Gasteiger partial charge >= 0.3 is 0 Å². The second-order valence-electron chi connectivity index (χ2n) is 6.05. The molecule has 3 aromatic rings. The van der Waals surface area contributed by atoms with Gasteiger partial charge in [-0.2, -0.15) is 4.98 Å². The van der Waals surface area contributed by atoms with Gasteiger partial charge in [-0.25, -0.2) is 13.4 Å². The number of benzene rings is 1. The largest absolute Gasteiger partial charge is 0.480 e. The van der Waals surface area contributed by atoms with Gasteiger partial charge in [0.25, 0.3) is 0 Å². The second-order valence-corrected chi connectivity index (χ2v) is 10.1. The highest BCUT2D eigenvalue weighted by atomic mass is 79.9. The number of sulfone groups is 1. The average molecular weight is 484 g/mol. The van der Waals surface area contributed by atoms with Crippen molar-refractivity contribution in [3.8, 4) is 5.88 Å². The van der Waals surface area contributed by atoms with E-state index in [2.05, 4.69) is 31.2 Å². The SMILES string of the molecule is COc1nc2sc(NC(=O)CS(=O)(=O)CCCc3ccccc3)nc2cc1Br. The van der Waals surface area contributed by atoms with E-state index in [0.29, 0.717) is 38.7 Å². The van der Waals surface area contributed by atoms with Crippen LogP contribution in [0.25, 0.3) is 10.3 Å². The lowest BCUT2D eigenvalue weighted by molar-refractivity contribution is -0.113. The van der Waals surface area contributed by atoms with Gasteiger partial charge in [0.05, 0.1) is 17.3 Å². The van der Waals surface area contributed by atoms with Crippen LogP contribution in [0.2, 0.25) is 0 Å². The van der Waals surface area contributed by atoms with Crippen LogP contribution < -0.4 is 10.1 Å². The number of pyridine rings is 1. The Bertz CT molecular complexity index is 1080. The molecule has 0 atom stereocenters. The van der Waals surface area contributed by atoms with Gasteiger partial charge < -0.3 is 10.1 Å². The maximum Gasteiger partial charge on any atom is 0.241 e. The standard InChI is InChI=1S/C18H18BrN3O4S2/c1-26-16-13(19)10-14-17(22-16)27-18(20-14)21-15(23)11-28(24,25)9-5-8-12-6-3-2-4-7-12/h2-4,6-7,10H,5,8-9,11H2,1H3,(H,20,21,23). The minimum Gasteiger partial charge on any atom is -0.480 e. The third-order valence-corrected chi connectivity index (χ3v) is 6.92. The zero-order chi connectivity index (χ0) is 20.1. The van der Waals surface area contributed by atoms with Gasteiger partial charge in [0.15, 0.2) is 15.0 Å². The summed E-state index contributed by atoms with van der Waals surface area (Å²) in [6.45, 7) is 0. The molecule has 0 saturated heterocycles. The molecule has 0 aliphatic heterocycles. The van der Waals surface area contributed by atoms with E-state index < -0.39 is 21.5 Å². The number of hydrogen-bond acceptors (Lipinski definition) is 7. The van der Waals surface area contributed by atoms with E-state index in [0.717, 1.165) is 16.9 Å². The molecule has 0 bridgehead atoms. The summed E-state index contributed by atoms with van der Waals surface area (Å²) in [7, 11) is -1.99. The summed E-state index contributed by atoms with van der Waals surface area (Å²) in [5.41, 5.74) is 1.66. The normalized spacial score (nSPS) is 11.5. The number of aromatic nitrogens is 2. The Morgan fingerprint density at radius 1 is 1.25 bits per heavy atom. The number of anilines is 1. The summed E-state index contributed by atoms with van der Waals surface area (Å²) >= 11 is 4.48. The van der Waals surface area contributed by atoms with Crippen molar-refractivity contribution < 1.29 is 17.9 Å². The Labute approximate surface area is 175 Å². The Balaban J connectivity index is 1.57. The zero-order valence-corrected chi connectivity index (χ0v) is 18.2. The number of carbonyl (C=O) groups is 1. The number of rotatable bonds is 8. The molecule has 0 radical (unpaired) electrons. The van der Waals surface area contributed by atoms with Crippen LogP contribution in [0.15, 0.2) is 40.9 Å². The highest BCUT2D eigenvalue weighted by Crippen LogP contribution is 2.31. The van der Waals surface area contributed by atoms with E-state index in [1.165, 1.54) is 7.11 Å². The maximum atomic E-state index is 12.2. The number of hydrogen-bond donors (Lipinski definition) is 1. The number of thiazole rings is 1. The van der Waals surface area contributed by atoms with Crippen molar-refractivity contribution in [1.29, 1.82) is 0 Å². The smallest absolute Gasteiger partial charge is 0.241 e. The predicted molar refractivity (Wildman–Crippen MR) is 114 cm³/mol. The predicted octanol–water partition coefficient (Wildman–Crippen LogP) is 3.45. The van der Waals surface area contributed by atoms with Gasteiger partial charge in [0, 0.05) is 0 Å². The summed E-state index contributed by atoms with van der Waals surface area (Å²) in [5, 5.41) is 2.84. The van der Waals surface area contributed by atoms with Gasteiger partial charge in [0.2, 0.25) is 11.8 Å². The lowest BCUT2D eigenvalue weighted by Gasteiger charge is -2.05. The number of nitrogens with one attached hydrogen (secondary N) is 1. The van der Waals surface area contributed by atoms with Crippen LogP contribution in [0.4, 0.5) is 5.13 Å². The first-order valence-corrected chi connectivity index (χ1v) is 11.8. The highest BCUT2D eigenvalue weighted by Gasteiger charge is 2.18. The Morgan fingerprint density at radius 2 is 2.00 bits per heavy atom. The van der Waals surface area contributed by atoms with Gasteiger partial charge in [-0.1, -0.05) is 41.7 Å². The van der Waals surface area contributed by atoms with Crippen LogP contribution in [0.5, 0.6) is 5.88 Å². The minimum absolute atomic E-state index is 0.0408. The average Bonchev–Trinajstić information content (AvgIpc) is 3.01. The van der Waals surface area contributed by atoms with Gasteiger partial charge in [0.1, 0.15) is 16.1 Å². The summed E-state index contributed by atoms with van der Waals surface area (Å²) in [4.78, 5) is 21.3. The summed E-state index contributed by atoms with van der Waals surface area (Å²) in [6, 6.07) is 11.4. The quantitative estimate of drug-likeness (QED) is 0.526. The zero-order valence-electron chi connectivity index (χ0n) is 15.0. The molecular weight excluding hydrogens is 466 g/mol. The second kappa shape index (κ2) is 8.97. The number of amides is 1. The number of halogens is 1. The molecule has 2 aromatic heterocycles. The van der Waals surface area contributed by atoms with Crippen molar-refractivity contribution in [3.05, 3.63) is 46.4 Å². The van der Waals surface area contributed by atoms with Crippen LogP contribution in [-0.4, -0.2) is 42.9 Å². The van der Waals surface area contributed by atoms with Gasteiger partial charge in [-0.15, -0.1) is 0 Å². The van der Waals surface area contributed by atoms with E-state index in [-0.39, 0.29) is 5.75 Å². The number of fused-ring (bicyclic) bond motifs is 1. The third kappa shape index (κ3) is 5.49. The van der Waals surface area contributed by atoms with Crippen LogP contribution in [-0.2, 0) is 21.1 Å². The summed E-state index contributed by atoms with van der Waals surface area (Å²) < 4.78 is 30.2. The van der Waals surface area contributed by atoms with E-state index >= 15 is 0 Å². The molecule has 1 aromatic carbocycles.